The summed E-state index contributed by atoms with van der Waals surface area (Å²) in [4.78, 5) is 4.06. The van der Waals surface area contributed by atoms with Crippen LogP contribution in [0.15, 0.2) is 10.1 Å². The molecule has 0 unspecified atom stereocenters. The molecule has 0 aliphatic carbocycles. The number of hydrogen-bond donors (Lipinski definition) is 0. The first-order chi connectivity index (χ1) is 4.79. The van der Waals surface area contributed by atoms with Gasteiger partial charge in [0.1, 0.15) is 5.84 Å². The highest BCUT2D eigenvalue weighted by atomic mass is 15.5. The van der Waals surface area contributed by atoms with E-state index in [4.69, 9.17) is 0 Å². The van der Waals surface area contributed by atoms with E-state index in [2.05, 4.69) is 23.7 Å². The first kappa shape index (κ1) is 9.14. The molecular formula is C7H15N3. The van der Waals surface area contributed by atoms with Crippen LogP contribution in [0.25, 0.3) is 0 Å². The van der Waals surface area contributed by atoms with Crippen molar-refractivity contribution in [2.75, 3.05) is 13.6 Å². The topological polar surface area (TPSA) is 28.0 Å². The molecule has 0 radical (unpaired) electrons. The maximum atomic E-state index is 4.06. The number of hydrazone groups is 1. The lowest BCUT2D eigenvalue weighted by Gasteiger charge is -2.16. The Kier molecular flexibility index (Phi) is 4.54. The van der Waals surface area contributed by atoms with Crippen LogP contribution in [0.5, 0.6) is 0 Å². The molecule has 0 aliphatic rings. The molecule has 3 nitrogen and oxygen atoms in total. The van der Waals surface area contributed by atoms with E-state index >= 15 is 0 Å². The molecule has 0 saturated carbocycles. The van der Waals surface area contributed by atoms with Crippen molar-refractivity contribution in [3.8, 4) is 0 Å². The molecule has 0 amide bonds. The van der Waals surface area contributed by atoms with E-state index in [1.807, 2.05) is 6.92 Å². The average Bonchev–Trinajstić information content (AvgIpc) is 2.00. The molecule has 0 heterocycles. The first-order valence-electron chi connectivity index (χ1n) is 3.49. The van der Waals surface area contributed by atoms with Crippen LogP contribution in [-0.4, -0.2) is 31.2 Å². The zero-order valence-corrected chi connectivity index (χ0v) is 6.96. The van der Waals surface area contributed by atoms with Crippen LogP contribution in [-0.2, 0) is 0 Å². The third-order valence-electron chi connectivity index (χ3n) is 1.34. The summed E-state index contributed by atoms with van der Waals surface area (Å²) >= 11 is 0. The van der Waals surface area contributed by atoms with Crippen LogP contribution < -0.4 is 0 Å². The third-order valence-corrected chi connectivity index (χ3v) is 1.34. The minimum atomic E-state index is 0.837. The first-order valence-corrected chi connectivity index (χ1v) is 3.49. The van der Waals surface area contributed by atoms with Gasteiger partial charge in [0.25, 0.3) is 0 Å². The number of hydrogen-bond acceptors (Lipinski definition) is 2. The van der Waals surface area contributed by atoms with Crippen molar-refractivity contribution in [2.45, 2.75) is 20.3 Å². The third kappa shape index (κ3) is 2.17. The highest BCUT2D eigenvalue weighted by molar-refractivity contribution is 5.81. The fourth-order valence-electron chi connectivity index (χ4n) is 0.820. The van der Waals surface area contributed by atoms with Crippen molar-refractivity contribution in [1.29, 1.82) is 0 Å². The maximum absolute atomic E-state index is 4.06. The minimum absolute atomic E-state index is 0.837. The molecule has 0 aromatic rings. The summed E-state index contributed by atoms with van der Waals surface area (Å²) in [6, 6.07) is 0. The monoisotopic (exact) mass is 141 g/mol. The van der Waals surface area contributed by atoms with Crippen molar-refractivity contribution < 1.29 is 0 Å². The second kappa shape index (κ2) is 4.97. The van der Waals surface area contributed by atoms with Gasteiger partial charge in [-0.05, 0) is 6.92 Å². The fraction of sp³-hybridized carbons (Fsp3) is 0.714. The summed E-state index contributed by atoms with van der Waals surface area (Å²) < 4.78 is 0. The maximum Gasteiger partial charge on any atom is 0.119 e. The van der Waals surface area contributed by atoms with Gasteiger partial charge in [-0.1, -0.05) is 6.92 Å². The van der Waals surface area contributed by atoms with Gasteiger partial charge in [0.15, 0.2) is 0 Å². The van der Waals surface area contributed by atoms with Gasteiger partial charge in [-0.3, -0.25) is 10.0 Å². The normalized spacial score (nSPS) is 11.3. The summed E-state index contributed by atoms with van der Waals surface area (Å²) in [6.45, 7) is 8.36. The molecule has 10 heavy (non-hydrogen) atoms. The highest BCUT2D eigenvalue weighted by Gasteiger charge is 2.01. The molecule has 0 saturated heterocycles. The Hall–Kier alpha value is -0.860. The molecule has 0 N–H and O–H groups in total. The summed E-state index contributed by atoms with van der Waals surface area (Å²) in [5.41, 5.74) is 0. The zero-order valence-electron chi connectivity index (χ0n) is 6.96. The van der Waals surface area contributed by atoms with E-state index in [1.54, 1.807) is 12.1 Å². The van der Waals surface area contributed by atoms with Crippen LogP contribution in [0, 0.1) is 0 Å². The van der Waals surface area contributed by atoms with Gasteiger partial charge in [-0.25, -0.2) is 0 Å². The smallest absolute Gasteiger partial charge is 0.119 e. The summed E-state index contributed by atoms with van der Waals surface area (Å²) in [5.74, 6) is 0.984. The minimum Gasteiger partial charge on any atom is -0.274 e. The average molecular weight is 141 g/mol. The van der Waals surface area contributed by atoms with Crippen LogP contribution in [0.3, 0.4) is 0 Å². The molecule has 0 atom stereocenters. The molecule has 0 aromatic carbocycles. The van der Waals surface area contributed by atoms with E-state index in [1.165, 1.54) is 0 Å². The summed E-state index contributed by atoms with van der Waals surface area (Å²) in [5, 5.41) is 5.59. The van der Waals surface area contributed by atoms with E-state index in [-0.39, 0.29) is 0 Å². The Balaban J connectivity index is 4.10. The fourth-order valence-corrected chi connectivity index (χ4v) is 0.820. The van der Waals surface area contributed by atoms with Gasteiger partial charge in [-0.15, -0.1) is 0 Å². The lowest BCUT2D eigenvalue weighted by Crippen LogP contribution is -2.24. The predicted molar refractivity (Wildman–Crippen MR) is 45.6 cm³/mol. The molecule has 0 bridgehead atoms. The van der Waals surface area contributed by atoms with Gasteiger partial charge in [0.05, 0.1) is 0 Å². The second-order valence-electron chi connectivity index (χ2n) is 1.85. The largest absolute Gasteiger partial charge is 0.274 e. The van der Waals surface area contributed by atoms with E-state index < -0.39 is 0 Å². The van der Waals surface area contributed by atoms with Crippen LogP contribution in [0.1, 0.15) is 20.3 Å². The van der Waals surface area contributed by atoms with Gasteiger partial charge in [0.2, 0.25) is 0 Å². The predicted octanol–water partition coefficient (Wildman–Crippen LogP) is 1.36. The number of amidine groups is 1. The van der Waals surface area contributed by atoms with Crippen molar-refractivity contribution in [1.82, 2.24) is 5.01 Å². The molecular weight excluding hydrogens is 126 g/mol. The van der Waals surface area contributed by atoms with Gasteiger partial charge in [-0.2, -0.15) is 5.10 Å². The van der Waals surface area contributed by atoms with Crippen molar-refractivity contribution in [3.05, 3.63) is 0 Å². The molecule has 0 spiro atoms. The Morgan fingerprint density at radius 3 is 2.20 bits per heavy atom. The van der Waals surface area contributed by atoms with E-state index in [0.717, 1.165) is 18.8 Å². The van der Waals surface area contributed by atoms with Crippen LogP contribution in [0.4, 0.5) is 0 Å². The molecule has 0 rings (SSSR count). The van der Waals surface area contributed by atoms with Gasteiger partial charge in [0, 0.05) is 26.7 Å². The quantitative estimate of drug-likeness (QED) is 0.331. The van der Waals surface area contributed by atoms with Crippen molar-refractivity contribution >= 4 is 12.6 Å². The zero-order chi connectivity index (χ0) is 7.98. The Morgan fingerprint density at radius 1 is 1.50 bits per heavy atom. The summed E-state index contributed by atoms with van der Waals surface area (Å²) in [7, 11) is 1.77. The Labute approximate surface area is 62.4 Å². The van der Waals surface area contributed by atoms with Gasteiger partial charge < -0.3 is 0 Å². The molecule has 0 aromatic heterocycles. The lowest BCUT2D eigenvalue weighted by molar-refractivity contribution is 0.465. The van der Waals surface area contributed by atoms with E-state index in [9.17, 15) is 0 Å². The number of aliphatic imine (C=N–C) groups is 1. The Bertz CT molecular complexity index is 129. The van der Waals surface area contributed by atoms with Crippen LogP contribution in [0.2, 0.25) is 0 Å². The number of rotatable bonds is 3. The SMILES string of the molecule is C=NN(CC)C(CC)=NC. The van der Waals surface area contributed by atoms with E-state index in [0.29, 0.717) is 0 Å². The molecule has 58 valence electrons. The number of nitrogens with zero attached hydrogens (tertiary/aromatic N) is 3. The Morgan fingerprint density at radius 2 is 2.10 bits per heavy atom. The highest BCUT2D eigenvalue weighted by Crippen LogP contribution is 1.95. The van der Waals surface area contributed by atoms with Crippen molar-refractivity contribution in [3.63, 3.8) is 0 Å². The van der Waals surface area contributed by atoms with Crippen LogP contribution >= 0.6 is 0 Å². The van der Waals surface area contributed by atoms with Crippen molar-refractivity contribution in [2.24, 2.45) is 10.1 Å². The van der Waals surface area contributed by atoms with Gasteiger partial charge >= 0.3 is 0 Å². The lowest BCUT2D eigenvalue weighted by atomic mass is 10.4. The standard InChI is InChI=1S/C7H15N3/c1-5-7(8-3)10(6-2)9-4/h4-6H2,1-3H3. The second-order valence-corrected chi connectivity index (χ2v) is 1.85. The molecule has 3 heteroatoms. The molecule has 0 fully saturated rings. The summed E-state index contributed by atoms with van der Waals surface area (Å²) in [6.07, 6.45) is 0.906. The molecule has 0 aliphatic heterocycles.